The van der Waals surface area contributed by atoms with Crippen molar-refractivity contribution >= 4 is 39.5 Å². The van der Waals surface area contributed by atoms with E-state index in [1.807, 2.05) is 0 Å². The number of unbranched alkanes of at least 4 members (excludes halogenated alkanes) is 45. The average Bonchev–Trinajstić information content (AvgIpc) is 3.11. The number of hydrogen-bond donors (Lipinski definition) is 3. The maximum atomic E-state index is 13.1. The molecule has 0 aromatic heterocycles. The Morgan fingerprint density at radius 3 is 0.792 bits per heavy atom. The monoisotopic (exact) mass is 1410 g/mol. The predicted molar refractivity (Wildman–Crippen MR) is 391 cm³/mol. The van der Waals surface area contributed by atoms with Crippen molar-refractivity contribution in [3.8, 4) is 0 Å². The minimum absolute atomic E-state index is 0.103. The first-order valence-corrected chi connectivity index (χ1v) is 43.0. The van der Waals surface area contributed by atoms with Crippen molar-refractivity contribution < 1.29 is 80.2 Å². The molecule has 0 spiro atoms. The number of carbonyl (C=O) groups is 4. The van der Waals surface area contributed by atoms with E-state index in [0.717, 1.165) is 102 Å². The molecule has 0 amide bonds. The van der Waals surface area contributed by atoms with Crippen LogP contribution < -0.4 is 0 Å². The molecule has 0 bridgehead atoms. The Balaban J connectivity index is 5.21. The van der Waals surface area contributed by atoms with Gasteiger partial charge in [-0.1, -0.05) is 350 Å². The molecular weight excluding hydrogens is 1260 g/mol. The molecule has 96 heavy (non-hydrogen) atoms. The molecule has 0 radical (unpaired) electrons. The van der Waals surface area contributed by atoms with E-state index >= 15 is 0 Å². The van der Waals surface area contributed by atoms with Crippen LogP contribution in [-0.4, -0.2) is 96.7 Å². The Hall–Kier alpha value is -1.94. The topological polar surface area (TPSA) is 237 Å². The van der Waals surface area contributed by atoms with E-state index in [1.54, 1.807) is 0 Å². The van der Waals surface area contributed by atoms with Gasteiger partial charge in [-0.3, -0.25) is 37.3 Å². The number of phosphoric acid groups is 2. The van der Waals surface area contributed by atoms with Gasteiger partial charge in [0.25, 0.3) is 0 Å². The first-order valence-electron chi connectivity index (χ1n) is 40.0. The van der Waals surface area contributed by atoms with Crippen molar-refractivity contribution in [1.82, 2.24) is 0 Å². The Labute approximate surface area is 588 Å². The summed E-state index contributed by atoms with van der Waals surface area (Å²) in [6.45, 7) is 9.56. The quantitative estimate of drug-likeness (QED) is 0.0222. The highest BCUT2D eigenvalue weighted by molar-refractivity contribution is 7.47. The molecule has 0 heterocycles. The van der Waals surface area contributed by atoms with Gasteiger partial charge in [0.05, 0.1) is 26.4 Å². The van der Waals surface area contributed by atoms with E-state index in [9.17, 15) is 43.2 Å². The third kappa shape index (κ3) is 69.2. The summed E-state index contributed by atoms with van der Waals surface area (Å²) in [4.78, 5) is 72.8. The third-order valence-electron chi connectivity index (χ3n) is 18.3. The lowest BCUT2D eigenvalue weighted by atomic mass is 10.00. The van der Waals surface area contributed by atoms with Crippen LogP contribution >= 0.6 is 15.6 Å². The average molecular weight is 1410 g/mol. The number of phosphoric ester groups is 2. The number of rotatable bonds is 76. The maximum Gasteiger partial charge on any atom is 0.472 e. The highest BCUT2D eigenvalue weighted by Crippen LogP contribution is 2.45. The van der Waals surface area contributed by atoms with Gasteiger partial charge in [-0.15, -0.1) is 0 Å². The van der Waals surface area contributed by atoms with Crippen LogP contribution in [0.2, 0.25) is 0 Å². The van der Waals surface area contributed by atoms with E-state index in [0.29, 0.717) is 25.7 Å². The van der Waals surface area contributed by atoms with Crippen LogP contribution in [0.15, 0.2) is 0 Å². The van der Waals surface area contributed by atoms with Crippen molar-refractivity contribution in [2.75, 3.05) is 39.6 Å². The number of esters is 4. The van der Waals surface area contributed by atoms with Gasteiger partial charge in [-0.25, -0.2) is 9.13 Å². The van der Waals surface area contributed by atoms with Gasteiger partial charge in [0.1, 0.15) is 19.3 Å². The van der Waals surface area contributed by atoms with Gasteiger partial charge in [0.15, 0.2) is 12.2 Å². The summed E-state index contributed by atoms with van der Waals surface area (Å²) in [5, 5.41) is 10.6. The third-order valence-corrected chi connectivity index (χ3v) is 20.2. The molecule has 6 atom stereocenters. The summed E-state index contributed by atoms with van der Waals surface area (Å²) >= 11 is 0. The largest absolute Gasteiger partial charge is 0.472 e. The molecule has 0 aliphatic rings. The van der Waals surface area contributed by atoms with E-state index < -0.39 is 97.5 Å². The normalized spacial score (nSPS) is 14.3. The van der Waals surface area contributed by atoms with E-state index in [4.69, 9.17) is 37.0 Å². The second kappa shape index (κ2) is 68.8. The first kappa shape index (κ1) is 94.1. The van der Waals surface area contributed by atoms with Crippen molar-refractivity contribution in [2.45, 2.75) is 419 Å². The van der Waals surface area contributed by atoms with Gasteiger partial charge in [0, 0.05) is 25.7 Å². The van der Waals surface area contributed by atoms with Crippen LogP contribution in [0.25, 0.3) is 0 Å². The van der Waals surface area contributed by atoms with E-state index in [-0.39, 0.29) is 25.7 Å². The van der Waals surface area contributed by atoms with Gasteiger partial charge in [-0.2, -0.15) is 0 Å². The van der Waals surface area contributed by atoms with Gasteiger partial charge < -0.3 is 33.8 Å². The number of aliphatic hydroxyl groups excluding tert-OH is 1. The van der Waals surface area contributed by atoms with Crippen molar-refractivity contribution in [3.05, 3.63) is 0 Å². The zero-order valence-electron chi connectivity index (χ0n) is 62.7. The summed E-state index contributed by atoms with van der Waals surface area (Å²) in [5.41, 5.74) is 0. The summed E-state index contributed by atoms with van der Waals surface area (Å²) < 4.78 is 68.5. The van der Waals surface area contributed by atoms with E-state index in [2.05, 4.69) is 41.5 Å². The number of hydrogen-bond acceptors (Lipinski definition) is 15. The molecule has 17 nitrogen and oxygen atoms in total. The molecule has 0 saturated carbocycles. The van der Waals surface area contributed by atoms with E-state index in [1.165, 1.54) is 218 Å². The molecule has 0 aromatic carbocycles. The number of aliphatic hydroxyl groups is 1. The van der Waals surface area contributed by atoms with Crippen LogP contribution in [0.4, 0.5) is 0 Å². The van der Waals surface area contributed by atoms with Crippen LogP contribution in [0.5, 0.6) is 0 Å². The smallest absolute Gasteiger partial charge is 0.462 e. The highest BCUT2D eigenvalue weighted by atomic mass is 31.2. The standard InChI is InChI=1S/C77H150O17P2/c1-7-10-12-14-16-18-20-21-22-23-24-25-26-27-30-34-38-42-49-55-61-76(81)93-72(65-87-75(80)60-54-48-41-37-33-31-28-29-32-35-39-45-51-57-69(4)5)67-91-95(83,84)89-63-71(78)64-90-96(85,86)92-68-73(94-77(82)62-56-50-44-43-46-52-58-70(6)9-3)66-88-74(79)59-53-47-40-36-19-17-15-13-11-8-2/h69-73,78H,7-68H2,1-6H3,(H,83,84)(H,85,86)/t70?,71-,72-,73-/m1/s1. The lowest BCUT2D eigenvalue weighted by Crippen LogP contribution is -2.30. The lowest BCUT2D eigenvalue weighted by molar-refractivity contribution is -0.161. The number of ether oxygens (including phenoxy) is 4. The molecule has 0 aliphatic heterocycles. The van der Waals surface area contributed by atoms with Gasteiger partial charge in [-0.05, 0) is 37.5 Å². The minimum atomic E-state index is -4.96. The molecule has 0 saturated heterocycles. The predicted octanol–water partition coefficient (Wildman–Crippen LogP) is 22.7. The second-order valence-corrected chi connectivity index (χ2v) is 31.4. The van der Waals surface area contributed by atoms with Crippen LogP contribution in [0.3, 0.4) is 0 Å². The molecule has 3 unspecified atom stereocenters. The summed E-state index contributed by atoms with van der Waals surface area (Å²) in [6.07, 6.45) is 57.0. The van der Waals surface area contributed by atoms with Crippen molar-refractivity contribution in [1.29, 1.82) is 0 Å². The fourth-order valence-corrected chi connectivity index (χ4v) is 13.4. The van der Waals surface area contributed by atoms with Crippen LogP contribution in [0.1, 0.15) is 401 Å². The Kier molecular flexibility index (Phi) is 67.4. The van der Waals surface area contributed by atoms with Crippen LogP contribution in [0, 0.1) is 11.8 Å². The maximum absolute atomic E-state index is 13.1. The SMILES string of the molecule is CCCCCCCCCCCCCCCCCCCCCCC(=O)O[C@H](COC(=O)CCCCCCCCCCCCCCCC(C)C)COP(=O)(O)OC[C@@H](O)COP(=O)(O)OC[C@@H](COC(=O)CCCCCCCCCCCC)OC(=O)CCCCCCCCC(C)CC. The molecule has 0 fully saturated rings. The zero-order valence-corrected chi connectivity index (χ0v) is 64.5. The molecule has 3 N–H and O–H groups in total. The Morgan fingerprint density at radius 1 is 0.302 bits per heavy atom. The molecule has 19 heteroatoms. The van der Waals surface area contributed by atoms with Gasteiger partial charge in [0.2, 0.25) is 0 Å². The Bertz CT molecular complexity index is 1860. The van der Waals surface area contributed by atoms with Crippen molar-refractivity contribution in [3.63, 3.8) is 0 Å². The van der Waals surface area contributed by atoms with Crippen molar-refractivity contribution in [2.24, 2.45) is 11.8 Å². The molecule has 570 valence electrons. The fraction of sp³-hybridized carbons (Fsp3) is 0.948. The summed E-state index contributed by atoms with van der Waals surface area (Å²) in [5.74, 6) is -0.606. The molecule has 0 aliphatic carbocycles. The first-order chi connectivity index (χ1) is 46.4. The summed E-state index contributed by atoms with van der Waals surface area (Å²) in [6, 6.07) is 0. The minimum Gasteiger partial charge on any atom is -0.462 e. The molecule has 0 aromatic rings. The molecular formula is C77H150O17P2. The molecule has 0 rings (SSSR count). The summed E-state index contributed by atoms with van der Waals surface area (Å²) in [7, 11) is -9.91. The van der Waals surface area contributed by atoms with Crippen LogP contribution in [-0.2, 0) is 65.4 Å². The number of carbonyl (C=O) groups excluding carboxylic acids is 4. The lowest BCUT2D eigenvalue weighted by Gasteiger charge is -2.21. The zero-order chi connectivity index (χ0) is 70.7. The highest BCUT2D eigenvalue weighted by Gasteiger charge is 2.30. The second-order valence-electron chi connectivity index (χ2n) is 28.5. The van der Waals surface area contributed by atoms with Gasteiger partial charge >= 0.3 is 39.5 Å². The fourth-order valence-electron chi connectivity index (χ4n) is 11.8. The Morgan fingerprint density at radius 2 is 0.531 bits per heavy atom.